The van der Waals surface area contributed by atoms with Gasteiger partial charge in [-0.15, -0.1) is 0 Å². The molecule has 2 N–H and O–H groups in total. The molecule has 0 spiro atoms. The average Bonchev–Trinajstić information content (AvgIpc) is 2.49. The molecule has 0 aliphatic heterocycles. The van der Waals surface area contributed by atoms with E-state index < -0.39 is 5.67 Å². The Balaban J connectivity index is 2.89. The maximum Gasteiger partial charge on any atom is 0.263 e. The number of nitrogens with two attached hydrogens (primary N) is 1. The predicted octanol–water partition coefficient (Wildman–Crippen LogP) is 1.93. The Morgan fingerprint density at radius 1 is 1.43 bits per heavy atom. The lowest BCUT2D eigenvalue weighted by Crippen LogP contribution is -2.18. The van der Waals surface area contributed by atoms with Crippen molar-refractivity contribution in [3.63, 3.8) is 0 Å². The number of rotatable bonds is 3. The summed E-state index contributed by atoms with van der Waals surface area (Å²) in [5.74, 6) is 0.535. The minimum Gasteiger partial charge on any atom is -0.336 e. The first kappa shape index (κ1) is 11.1. The second-order valence-corrected chi connectivity index (χ2v) is 4.20. The Labute approximate surface area is 82.7 Å². The summed E-state index contributed by atoms with van der Waals surface area (Å²) in [5, 5.41) is 3.65. The van der Waals surface area contributed by atoms with E-state index in [1.165, 1.54) is 13.8 Å². The lowest BCUT2D eigenvalue weighted by molar-refractivity contribution is 0.155. The monoisotopic (exact) mass is 201 g/mol. The molecule has 0 amide bonds. The van der Waals surface area contributed by atoms with Crippen LogP contribution >= 0.6 is 0 Å². The van der Waals surface area contributed by atoms with E-state index in [4.69, 9.17) is 10.3 Å². The van der Waals surface area contributed by atoms with Crippen LogP contribution in [-0.2, 0) is 5.67 Å². The van der Waals surface area contributed by atoms with Crippen molar-refractivity contribution in [3.8, 4) is 0 Å². The van der Waals surface area contributed by atoms with E-state index in [1.54, 1.807) is 0 Å². The molecule has 1 heterocycles. The highest BCUT2D eigenvalue weighted by Gasteiger charge is 2.28. The summed E-state index contributed by atoms with van der Waals surface area (Å²) >= 11 is 0. The second-order valence-electron chi connectivity index (χ2n) is 4.20. The van der Waals surface area contributed by atoms with E-state index >= 15 is 0 Å². The van der Waals surface area contributed by atoms with Gasteiger partial charge in [-0.05, 0) is 19.8 Å². The van der Waals surface area contributed by atoms with Crippen molar-refractivity contribution in [2.24, 2.45) is 11.7 Å². The van der Waals surface area contributed by atoms with Gasteiger partial charge in [0, 0.05) is 0 Å². The van der Waals surface area contributed by atoms with Crippen LogP contribution in [0.15, 0.2) is 4.52 Å². The zero-order valence-electron chi connectivity index (χ0n) is 8.91. The topological polar surface area (TPSA) is 64.9 Å². The van der Waals surface area contributed by atoms with E-state index in [0.29, 0.717) is 5.82 Å². The van der Waals surface area contributed by atoms with E-state index in [9.17, 15) is 4.39 Å². The Morgan fingerprint density at radius 2 is 2.00 bits per heavy atom. The van der Waals surface area contributed by atoms with Gasteiger partial charge in [0.2, 0.25) is 0 Å². The molecule has 1 unspecified atom stereocenters. The van der Waals surface area contributed by atoms with Crippen LogP contribution < -0.4 is 5.73 Å². The van der Waals surface area contributed by atoms with E-state index in [-0.39, 0.29) is 17.9 Å². The fourth-order valence-corrected chi connectivity index (χ4v) is 0.910. The smallest absolute Gasteiger partial charge is 0.263 e. The average molecular weight is 201 g/mol. The Morgan fingerprint density at radius 3 is 2.36 bits per heavy atom. The molecule has 0 bridgehead atoms. The van der Waals surface area contributed by atoms with Gasteiger partial charge in [-0.3, -0.25) is 0 Å². The van der Waals surface area contributed by atoms with E-state index in [0.717, 1.165) is 0 Å². The molecular weight excluding hydrogens is 185 g/mol. The van der Waals surface area contributed by atoms with Gasteiger partial charge in [0.05, 0.1) is 6.04 Å². The van der Waals surface area contributed by atoms with Crippen LogP contribution in [0.4, 0.5) is 4.39 Å². The van der Waals surface area contributed by atoms with Crippen LogP contribution in [-0.4, -0.2) is 10.1 Å². The Bertz CT molecular complexity index is 303. The van der Waals surface area contributed by atoms with Crippen LogP contribution in [0, 0.1) is 5.92 Å². The molecule has 0 saturated carbocycles. The summed E-state index contributed by atoms with van der Waals surface area (Å²) in [6.07, 6.45) is 0. The van der Waals surface area contributed by atoms with Crippen LogP contribution in [0.5, 0.6) is 0 Å². The zero-order valence-corrected chi connectivity index (χ0v) is 8.91. The third-order valence-corrected chi connectivity index (χ3v) is 1.97. The molecule has 80 valence electrons. The molecule has 0 radical (unpaired) electrons. The molecule has 4 nitrogen and oxygen atoms in total. The lowest BCUT2D eigenvalue weighted by atomic mass is 10.1. The van der Waals surface area contributed by atoms with Gasteiger partial charge in [-0.1, -0.05) is 19.0 Å². The molecule has 0 aromatic carbocycles. The van der Waals surface area contributed by atoms with Crippen LogP contribution in [0.25, 0.3) is 0 Å². The van der Waals surface area contributed by atoms with Gasteiger partial charge in [0.25, 0.3) is 5.89 Å². The summed E-state index contributed by atoms with van der Waals surface area (Å²) in [5.41, 5.74) is 4.18. The lowest BCUT2D eigenvalue weighted by Gasteiger charge is -2.10. The van der Waals surface area contributed by atoms with Crippen molar-refractivity contribution in [3.05, 3.63) is 11.7 Å². The standard InChI is InChI=1S/C9H16FN3O/c1-5(2)6(11)7-12-8(14-13-7)9(3,4)10/h5-6H,11H2,1-4H3. The first-order valence-electron chi connectivity index (χ1n) is 4.61. The minimum absolute atomic E-state index is 0.0244. The number of aromatic nitrogens is 2. The third kappa shape index (κ3) is 2.29. The van der Waals surface area contributed by atoms with Crippen LogP contribution in [0.3, 0.4) is 0 Å². The van der Waals surface area contributed by atoms with E-state index in [2.05, 4.69) is 10.1 Å². The van der Waals surface area contributed by atoms with Gasteiger partial charge in [0.15, 0.2) is 11.5 Å². The van der Waals surface area contributed by atoms with Gasteiger partial charge in [-0.2, -0.15) is 4.98 Å². The molecular formula is C9H16FN3O. The van der Waals surface area contributed by atoms with Crippen molar-refractivity contribution in [1.82, 2.24) is 10.1 Å². The highest BCUT2D eigenvalue weighted by atomic mass is 19.1. The largest absolute Gasteiger partial charge is 0.336 e. The normalized spacial score (nSPS) is 14.8. The number of nitrogens with zero attached hydrogens (tertiary/aromatic N) is 2. The molecule has 0 fully saturated rings. The first-order chi connectivity index (χ1) is 6.32. The maximum absolute atomic E-state index is 13.4. The van der Waals surface area contributed by atoms with E-state index in [1.807, 2.05) is 13.8 Å². The molecule has 1 aromatic rings. The highest BCUT2D eigenvalue weighted by molar-refractivity contribution is 4.99. The third-order valence-electron chi connectivity index (χ3n) is 1.97. The SMILES string of the molecule is CC(C)C(N)c1noc(C(C)(C)F)n1. The molecule has 1 atom stereocenters. The number of halogens is 1. The second kappa shape index (κ2) is 3.65. The number of alkyl halides is 1. The zero-order chi connectivity index (χ0) is 10.9. The van der Waals surface area contributed by atoms with Crippen molar-refractivity contribution in [2.75, 3.05) is 0 Å². The van der Waals surface area contributed by atoms with Gasteiger partial charge >= 0.3 is 0 Å². The molecule has 14 heavy (non-hydrogen) atoms. The highest BCUT2D eigenvalue weighted by Crippen LogP contribution is 2.24. The number of hydrogen-bond acceptors (Lipinski definition) is 4. The van der Waals surface area contributed by atoms with Crippen molar-refractivity contribution >= 4 is 0 Å². The van der Waals surface area contributed by atoms with Crippen molar-refractivity contribution in [2.45, 2.75) is 39.4 Å². The molecule has 0 aliphatic rings. The molecule has 0 saturated heterocycles. The Kier molecular flexibility index (Phi) is 2.89. The van der Waals surface area contributed by atoms with Gasteiger partial charge < -0.3 is 10.3 Å². The molecule has 5 heteroatoms. The van der Waals surface area contributed by atoms with Crippen molar-refractivity contribution < 1.29 is 8.91 Å². The molecule has 0 aliphatic carbocycles. The summed E-state index contributed by atoms with van der Waals surface area (Å²) < 4.78 is 18.1. The fourth-order valence-electron chi connectivity index (χ4n) is 0.910. The summed E-state index contributed by atoms with van der Waals surface area (Å²) in [6, 6.07) is -0.310. The summed E-state index contributed by atoms with van der Waals surface area (Å²) in [6.45, 7) is 6.62. The van der Waals surface area contributed by atoms with Gasteiger partial charge in [0.1, 0.15) is 0 Å². The quantitative estimate of drug-likeness (QED) is 0.811. The number of hydrogen-bond donors (Lipinski definition) is 1. The van der Waals surface area contributed by atoms with Crippen LogP contribution in [0.1, 0.15) is 45.5 Å². The Hall–Kier alpha value is -0.970. The van der Waals surface area contributed by atoms with Crippen molar-refractivity contribution in [1.29, 1.82) is 0 Å². The fraction of sp³-hybridized carbons (Fsp3) is 0.778. The minimum atomic E-state index is -1.61. The first-order valence-corrected chi connectivity index (χ1v) is 4.61. The predicted molar refractivity (Wildman–Crippen MR) is 50.2 cm³/mol. The molecule has 1 rings (SSSR count). The molecule has 1 aromatic heterocycles. The van der Waals surface area contributed by atoms with Gasteiger partial charge in [-0.25, -0.2) is 4.39 Å². The summed E-state index contributed by atoms with van der Waals surface area (Å²) in [4.78, 5) is 3.92. The maximum atomic E-state index is 13.4. The summed E-state index contributed by atoms with van der Waals surface area (Å²) in [7, 11) is 0. The van der Waals surface area contributed by atoms with Crippen LogP contribution in [0.2, 0.25) is 0 Å².